The van der Waals surface area contributed by atoms with Gasteiger partial charge in [-0.2, -0.15) is 0 Å². The molecular weight excluding hydrogens is 356 g/mol. The average Bonchev–Trinajstić information content (AvgIpc) is 3.36. The van der Waals surface area contributed by atoms with Crippen molar-refractivity contribution >= 4 is 11.7 Å². The number of hydrogen-bond donors (Lipinski definition) is 1. The molecule has 7 heteroatoms. The molecule has 3 heterocycles. The molecule has 1 aliphatic heterocycles. The van der Waals surface area contributed by atoms with Crippen LogP contribution in [0.2, 0.25) is 0 Å². The largest absolute Gasteiger partial charge is 0.338 e. The first-order chi connectivity index (χ1) is 13.4. The van der Waals surface area contributed by atoms with Crippen LogP contribution in [-0.4, -0.2) is 44.2 Å². The predicted octanol–water partition coefficient (Wildman–Crippen LogP) is 2.51. The van der Waals surface area contributed by atoms with Gasteiger partial charge in [0.2, 0.25) is 0 Å². The van der Waals surface area contributed by atoms with Crippen molar-refractivity contribution in [2.45, 2.75) is 52.0 Å². The molecule has 1 aliphatic carbocycles. The van der Waals surface area contributed by atoms with Gasteiger partial charge in [0.05, 0.1) is 0 Å². The number of imidazole rings is 1. The van der Waals surface area contributed by atoms with Crippen LogP contribution in [0.15, 0.2) is 23.3 Å². The number of hydrogen-bond acceptors (Lipinski definition) is 4. The maximum absolute atomic E-state index is 13.1. The number of H-pyrrole nitrogens is 1. The quantitative estimate of drug-likeness (QED) is 0.805. The molecule has 7 nitrogen and oxygen atoms in total. The summed E-state index contributed by atoms with van der Waals surface area (Å²) in [5.41, 5.74) is 0.479. The summed E-state index contributed by atoms with van der Waals surface area (Å²) in [6.07, 6.45) is 8.27. The van der Waals surface area contributed by atoms with Crippen molar-refractivity contribution in [1.29, 1.82) is 0 Å². The smallest absolute Gasteiger partial charge is 0.261 e. The molecule has 1 atom stereocenters. The van der Waals surface area contributed by atoms with Gasteiger partial charge in [0, 0.05) is 49.2 Å². The van der Waals surface area contributed by atoms with Crippen molar-refractivity contribution < 1.29 is 9.59 Å². The van der Waals surface area contributed by atoms with Crippen LogP contribution < -0.4 is 5.56 Å². The number of carbonyl (C=O) groups is 2. The molecule has 2 fully saturated rings. The Balaban J connectivity index is 1.56. The van der Waals surface area contributed by atoms with Crippen LogP contribution in [0.3, 0.4) is 0 Å². The molecule has 1 unspecified atom stereocenters. The number of aryl methyl sites for hydroxylation is 1. The number of piperidine rings is 1. The summed E-state index contributed by atoms with van der Waals surface area (Å²) < 4.78 is 2.23. The number of nitrogens with zero attached hydrogens (tertiary/aromatic N) is 3. The van der Waals surface area contributed by atoms with Crippen LogP contribution in [0.5, 0.6) is 0 Å². The van der Waals surface area contributed by atoms with Gasteiger partial charge in [0.25, 0.3) is 11.5 Å². The van der Waals surface area contributed by atoms with Gasteiger partial charge in [0.1, 0.15) is 11.4 Å². The molecule has 0 radical (unpaired) electrons. The van der Waals surface area contributed by atoms with E-state index in [1.807, 2.05) is 12.4 Å². The zero-order valence-corrected chi connectivity index (χ0v) is 16.4. The van der Waals surface area contributed by atoms with E-state index in [0.717, 1.165) is 31.1 Å². The first-order valence-corrected chi connectivity index (χ1v) is 9.99. The van der Waals surface area contributed by atoms with Gasteiger partial charge >= 0.3 is 0 Å². The first-order valence-electron chi connectivity index (χ1n) is 9.99. The number of aromatic amines is 1. The number of aromatic nitrogens is 3. The highest BCUT2D eigenvalue weighted by atomic mass is 16.2. The van der Waals surface area contributed by atoms with Crippen molar-refractivity contribution in [3.05, 3.63) is 51.5 Å². The Morgan fingerprint density at radius 1 is 1.25 bits per heavy atom. The third kappa shape index (κ3) is 3.66. The Bertz CT molecular complexity index is 970. The lowest BCUT2D eigenvalue weighted by molar-refractivity contribution is 0.0701. The van der Waals surface area contributed by atoms with Crippen molar-refractivity contribution in [2.24, 2.45) is 5.92 Å². The van der Waals surface area contributed by atoms with Gasteiger partial charge in [-0.25, -0.2) is 4.98 Å². The van der Waals surface area contributed by atoms with E-state index in [1.165, 1.54) is 25.8 Å². The third-order valence-electron chi connectivity index (χ3n) is 5.82. The highest BCUT2D eigenvalue weighted by Crippen LogP contribution is 2.33. The lowest BCUT2D eigenvalue weighted by Crippen LogP contribution is -2.42. The zero-order chi connectivity index (χ0) is 19.8. The average molecular weight is 382 g/mol. The second-order valence-corrected chi connectivity index (χ2v) is 8.08. The SMILES string of the molecule is CC(=O)c1cc(C(=O)N2CCCC(c3nccn3CC3CC3)C2)c(=O)[nH]c1C. The predicted molar refractivity (Wildman–Crippen MR) is 105 cm³/mol. The number of ketones is 1. The van der Waals surface area contributed by atoms with Crippen LogP contribution in [0, 0.1) is 12.8 Å². The minimum atomic E-state index is -0.440. The second-order valence-electron chi connectivity index (χ2n) is 8.08. The molecule has 0 spiro atoms. The summed E-state index contributed by atoms with van der Waals surface area (Å²) in [6.45, 7) is 5.26. The number of amides is 1. The highest BCUT2D eigenvalue weighted by Gasteiger charge is 2.31. The Hall–Kier alpha value is -2.70. The summed E-state index contributed by atoms with van der Waals surface area (Å²) >= 11 is 0. The number of carbonyl (C=O) groups excluding carboxylic acids is 2. The van der Waals surface area contributed by atoms with E-state index in [9.17, 15) is 14.4 Å². The maximum atomic E-state index is 13.1. The molecule has 0 bridgehead atoms. The highest BCUT2D eigenvalue weighted by molar-refractivity contribution is 5.99. The Morgan fingerprint density at radius 2 is 2.04 bits per heavy atom. The topological polar surface area (TPSA) is 88.1 Å². The van der Waals surface area contributed by atoms with Crippen LogP contribution >= 0.6 is 0 Å². The fourth-order valence-electron chi connectivity index (χ4n) is 4.10. The summed E-state index contributed by atoms with van der Waals surface area (Å²) in [6, 6.07) is 1.44. The van der Waals surface area contributed by atoms with Gasteiger partial charge in [-0.15, -0.1) is 0 Å². The third-order valence-corrected chi connectivity index (χ3v) is 5.82. The van der Waals surface area contributed by atoms with Gasteiger partial charge in [-0.3, -0.25) is 14.4 Å². The van der Waals surface area contributed by atoms with E-state index in [1.54, 1.807) is 11.8 Å². The molecule has 2 aromatic rings. The van der Waals surface area contributed by atoms with Gasteiger partial charge in [-0.1, -0.05) is 0 Å². The number of Topliss-reactive ketones (excluding diaryl/α,β-unsaturated/α-hetero) is 1. The fourth-order valence-corrected chi connectivity index (χ4v) is 4.10. The Labute approximate surface area is 163 Å². The van der Waals surface area contributed by atoms with Crippen molar-refractivity contribution in [3.63, 3.8) is 0 Å². The zero-order valence-electron chi connectivity index (χ0n) is 16.4. The van der Waals surface area contributed by atoms with Gasteiger partial charge in [-0.05, 0) is 51.5 Å². The van der Waals surface area contributed by atoms with Crippen LogP contribution in [0.1, 0.15) is 70.8 Å². The molecular formula is C21H26N4O3. The molecule has 148 valence electrons. The lowest BCUT2D eigenvalue weighted by Gasteiger charge is -2.32. The summed E-state index contributed by atoms with van der Waals surface area (Å²) in [5.74, 6) is 1.48. The monoisotopic (exact) mass is 382 g/mol. The van der Waals surface area contributed by atoms with E-state index in [-0.39, 0.29) is 23.2 Å². The van der Waals surface area contributed by atoms with Crippen molar-refractivity contribution in [3.8, 4) is 0 Å². The summed E-state index contributed by atoms with van der Waals surface area (Å²) in [4.78, 5) is 46.2. The molecule has 4 rings (SSSR count). The number of likely N-dealkylation sites (tertiary alicyclic amines) is 1. The van der Waals surface area contributed by atoms with Gasteiger partial charge in [0.15, 0.2) is 5.78 Å². The molecule has 2 aliphatic rings. The molecule has 0 aromatic carbocycles. The minimum absolute atomic E-state index is 0.0396. The minimum Gasteiger partial charge on any atom is -0.338 e. The van der Waals surface area contributed by atoms with E-state index in [4.69, 9.17) is 0 Å². The maximum Gasteiger partial charge on any atom is 0.261 e. The molecule has 1 saturated heterocycles. The number of pyridine rings is 1. The molecule has 1 saturated carbocycles. The fraction of sp³-hybridized carbons (Fsp3) is 0.524. The van der Waals surface area contributed by atoms with Crippen molar-refractivity contribution in [1.82, 2.24) is 19.4 Å². The summed E-state index contributed by atoms with van der Waals surface area (Å²) in [7, 11) is 0. The molecule has 1 N–H and O–H groups in total. The van der Waals surface area contributed by atoms with E-state index in [0.29, 0.717) is 24.3 Å². The Morgan fingerprint density at radius 3 is 2.75 bits per heavy atom. The number of rotatable bonds is 5. The normalized spacial score (nSPS) is 19.6. The lowest BCUT2D eigenvalue weighted by atomic mass is 9.96. The standard InChI is InChI=1S/C21H26N4O3/c1-13-17(14(2)26)10-18(20(27)23-13)21(28)25-8-3-4-16(12-25)19-22-7-9-24(19)11-15-5-6-15/h7,9-10,15-16H,3-6,8,11-12H2,1-2H3,(H,23,27). The van der Waals surface area contributed by atoms with Crippen LogP contribution in [0.25, 0.3) is 0 Å². The number of nitrogens with one attached hydrogen (secondary N) is 1. The summed E-state index contributed by atoms with van der Waals surface area (Å²) in [5, 5.41) is 0. The van der Waals surface area contributed by atoms with Crippen molar-refractivity contribution in [2.75, 3.05) is 13.1 Å². The van der Waals surface area contributed by atoms with Crippen LogP contribution in [0.4, 0.5) is 0 Å². The first kappa shape index (κ1) is 18.7. The van der Waals surface area contributed by atoms with E-state index in [2.05, 4.69) is 14.5 Å². The molecule has 1 amide bonds. The van der Waals surface area contributed by atoms with Crippen LogP contribution in [-0.2, 0) is 6.54 Å². The molecule has 2 aromatic heterocycles. The van der Waals surface area contributed by atoms with E-state index >= 15 is 0 Å². The van der Waals surface area contributed by atoms with Gasteiger partial charge < -0.3 is 14.5 Å². The molecule has 28 heavy (non-hydrogen) atoms. The Kier molecular flexibility index (Phi) is 4.91. The second kappa shape index (κ2) is 7.37. The van der Waals surface area contributed by atoms with E-state index < -0.39 is 5.56 Å².